The number of amides is 1. The number of rotatable bonds is 7. The quantitative estimate of drug-likeness (QED) is 0.366. The number of thiazole rings is 1. The molecule has 5 nitrogen and oxygen atoms in total. The molecule has 0 atom stereocenters. The summed E-state index contributed by atoms with van der Waals surface area (Å²) < 4.78 is 16.3. The van der Waals surface area contributed by atoms with Crippen LogP contribution >= 0.6 is 11.3 Å². The van der Waals surface area contributed by atoms with Crippen molar-refractivity contribution in [2.45, 2.75) is 46.6 Å². The molecule has 0 N–H and O–H groups in total. The zero-order valence-corrected chi connectivity index (χ0v) is 19.6. The van der Waals surface area contributed by atoms with Gasteiger partial charge in [0.2, 0.25) is 5.91 Å². The van der Waals surface area contributed by atoms with E-state index >= 15 is 0 Å². The van der Waals surface area contributed by atoms with E-state index in [2.05, 4.69) is 25.0 Å². The Balaban J connectivity index is 1.67. The highest BCUT2D eigenvalue weighted by atomic mass is 32.1. The summed E-state index contributed by atoms with van der Waals surface area (Å²) in [5, 5.41) is 5.21. The molecule has 0 saturated heterocycles. The molecule has 0 bridgehead atoms. The van der Waals surface area contributed by atoms with Gasteiger partial charge in [-0.25, -0.2) is 9.37 Å². The largest absolute Gasteiger partial charge is 0.286 e. The number of fused-ring (bicyclic) bond motifs is 1. The van der Waals surface area contributed by atoms with Crippen LogP contribution in [-0.4, -0.2) is 27.2 Å². The van der Waals surface area contributed by atoms with Crippen molar-refractivity contribution in [2.24, 2.45) is 0 Å². The van der Waals surface area contributed by atoms with Crippen LogP contribution in [0.1, 0.15) is 42.3 Å². The fourth-order valence-corrected chi connectivity index (χ4v) is 4.88. The minimum atomic E-state index is -0.310. The van der Waals surface area contributed by atoms with Crippen molar-refractivity contribution in [1.82, 2.24) is 14.8 Å². The van der Waals surface area contributed by atoms with Gasteiger partial charge in [-0.05, 0) is 55.2 Å². The number of anilines is 1. The van der Waals surface area contributed by atoms with Crippen LogP contribution in [0, 0.1) is 19.7 Å². The number of aryl methyl sites for hydroxylation is 2. The van der Waals surface area contributed by atoms with Crippen molar-refractivity contribution in [3.05, 3.63) is 76.9 Å². The SMILES string of the molecule is Cc1cc(C)n(CCN(C(=O)Cc2ccc(F)cc2)c2nc3c(C(C)C)cccc3s2)n1. The third-order valence-corrected chi connectivity index (χ3v) is 6.54. The Labute approximate surface area is 191 Å². The summed E-state index contributed by atoms with van der Waals surface area (Å²) in [6.45, 7) is 9.29. The van der Waals surface area contributed by atoms with Crippen LogP contribution in [0.4, 0.5) is 9.52 Å². The van der Waals surface area contributed by atoms with Crippen LogP contribution in [0.2, 0.25) is 0 Å². The van der Waals surface area contributed by atoms with Gasteiger partial charge in [-0.15, -0.1) is 0 Å². The van der Waals surface area contributed by atoms with Gasteiger partial charge in [0, 0.05) is 12.2 Å². The zero-order chi connectivity index (χ0) is 22.8. The van der Waals surface area contributed by atoms with E-state index < -0.39 is 0 Å². The molecule has 0 aliphatic heterocycles. The highest BCUT2D eigenvalue weighted by molar-refractivity contribution is 7.22. The first kappa shape index (κ1) is 22.1. The fourth-order valence-electron chi connectivity index (χ4n) is 3.83. The average molecular weight is 451 g/mol. The Morgan fingerprint density at radius 3 is 2.56 bits per heavy atom. The zero-order valence-electron chi connectivity index (χ0n) is 18.8. The second kappa shape index (κ2) is 9.20. The number of halogens is 1. The topological polar surface area (TPSA) is 51.0 Å². The van der Waals surface area contributed by atoms with E-state index in [0.29, 0.717) is 24.1 Å². The van der Waals surface area contributed by atoms with Crippen LogP contribution in [0.5, 0.6) is 0 Å². The molecule has 7 heteroatoms. The maximum absolute atomic E-state index is 13.4. The summed E-state index contributed by atoms with van der Waals surface area (Å²) in [4.78, 5) is 20.0. The van der Waals surface area contributed by atoms with E-state index in [0.717, 1.165) is 27.2 Å². The molecule has 2 aromatic carbocycles. The number of aromatic nitrogens is 3. The molecule has 0 aliphatic carbocycles. The van der Waals surface area contributed by atoms with Gasteiger partial charge in [0.15, 0.2) is 5.13 Å². The Morgan fingerprint density at radius 1 is 1.16 bits per heavy atom. The van der Waals surface area contributed by atoms with E-state index in [9.17, 15) is 9.18 Å². The monoisotopic (exact) mass is 450 g/mol. The molecule has 0 saturated carbocycles. The predicted octanol–water partition coefficient (Wildman–Crippen LogP) is 5.65. The highest BCUT2D eigenvalue weighted by Gasteiger charge is 2.22. The summed E-state index contributed by atoms with van der Waals surface area (Å²) in [7, 11) is 0. The molecule has 1 amide bonds. The smallest absolute Gasteiger partial charge is 0.233 e. The lowest BCUT2D eigenvalue weighted by Gasteiger charge is -2.20. The fraction of sp³-hybridized carbons (Fsp3) is 0.320. The third-order valence-electron chi connectivity index (χ3n) is 5.50. The normalized spacial score (nSPS) is 11.4. The summed E-state index contributed by atoms with van der Waals surface area (Å²) in [5.74, 6) is -0.0371. The van der Waals surface area contributed by atoms with Crippen molar-refractivity contribution >= 4 is 32.6 Å². The van der Waals surface area contributed by atoms with Crippen LogP contribution in [0.15, 0.2) is 48.5 Å². The predicted molar refractivity (Wildman–Crippen MR) is 128 cm³/mol. The van der Waals surface area contributed by atoms with Gasteiger partial charge >= 0.3 is 0 Å². The molecule has 2 heterocycles. The molecule has 0 spiro atoms. The molecule has 2 aromatic heterocycles. The molecule has 0 unspecified atom stereocenters. The maximum Gasteiger partial charge on any atom is 0.233 e. The molecular weight excluding hydrogens is 423 g/mol. The van der Waals surface area contributed by atoms with Crippen LogP contribution in [0.25, 0.3) is 10.2 Å². The van der Waals surface area contributed by atoms with E-state index in [1.807, 2.05) is 36.7 Å². The van der Waals surface area contributed by atoms with Gasteiger partial charge in [0.1, 0.15) is 5.82 Å². The average Bonchev–Trinajstić information content (AvgIpc) is 3.31. The van der Waals surface area contributed by atoms with Crippen LogP contribution in [0.3, 0.4) is 0 Å². The summed E-state index contributed by atoms with van der Waals surface area (Å²) in [5.41, 5.74) is 4.91. The van der Waals surface area contributed by atoms with Crippen molar-refractivity contribution in [2.75, 3.05) is 11.4 Å². The number of hydrogen-bond acceptors (Lipinski definition) is 4. The van der Waals surface area contributed by atoms with Gasteiger partial charge in [-0.2, -0.15) is 5.10 Å². The number of carbonyl (C=O) groups is 1. The van der Waals surface area contributed by atoms with Gasteiger partial charge < -0.3 is 0 Å². The molecular formula is C25H27FN4OS. The Kier molecular flexibility index (Phi) is 6.37. The number of nitrogens with zero attached hydrogens (tertiary/aromatic N) is 4. The Bertz CT molecular complexity index is 1240. The van der Waals surface area contributed by atoms with Gasteiger partial charge in [0.05, 0.1) is 28.9 Å². The van der Waals surface area contributed by atoms with E-state index in [-0.39, 0.29) is 18.1 Å². The Hall–Kier alpha value is -3.06. The third kappa shape index (κ3) is 4.72. The minimum absolute atomic E-state index is 0.0664. The van der Waals surface area contributed by atoms with Gasteiger partial charge in [-0.3, -0.25) is 14.4 Å². The van der Waals surface area contributed by atoms with E-state index in [4.69, 9.17) is 4.98 Å². The summed E-state index contributed by atoms with van der Waals surface area (Å²) >= 11 is 1.53. The maximum atomic E-state index is 13.4. The van der Waals surface area contributed by atoms with E-state index in [1.165, 1.54) is 29.0 Å². The lowest BCUT2D eigenvalue weighted by atomic mass is 10.0. The van der Waals surface area contributed by atoms with Crippen molar-refractivity contribution in [3.63, 3.8) is 0 Å². The summed E-state index contributed by atoms with van der Waals surface area (Å²) in [6, 6.07) is 14.3. The molecule has 4 rings (SSSR count). The number of benzene rings is 2. The first-order chi connectivity index (χ1) is 15.3. The number of carbonyl (C=O) groups excluding carboxylic acids is 1. The second-order valence-electron chi connectivity index (χ2n) is 8.34. The number of para-hydroxylation sites is 1. The first-order valence-electron chi connectivity index (χ1n) is 10.8. The van der Waals surface area contributed by atoms with Gasteiger partial charge in [-0.1, -0.05) is 49.4 Å². The molecule has 4 aromatic rings. The van der Waals surface area contributed by atoms with Crippen molar-refractivity contribution in [3.8, 4) is 0 Å². The lowest BCUT2D eigenvalue weighted by Crippen LogP contribution is -2.35. The molecule has 0 radical (unpaired) electrons. The van der Waals surface area contributed by atoms with Crippen LogP contribution in [-0.2, 0) is 17.8 Å². The molecule has 0 fully saturated rings. The number of hydrogen-bond donors (Lipinski definition) is 0. The Morgan fingerprint density at radius 2 is 1.91 bits per heavy atom. The van der Waals surface area contributed by atoms with Crippen molar-refractivity contribution in [1.29, 1.82) is 0 Å². The standard InChI is InChI=1S/C25H27FN4OS/c1-16(2)21-6-5-7-22-24(21)27-25(32-22)29(12-13-30-18(4)14-17(3)28-30)23(31)15-19-8-10-20(26)11-9-19/h5-11,14,16H,12-13,15H2,1-4H3. The second-order valence-corrected chi connectivity index (χ2v) is 9.35. The van der Waals surface area contributed by atoms with Gasteiger partial charge in [0.25, 0.3) is 0 Å². The molecule has 166 valence electrons. The van der Waals surface area contributed by atoms with Crippen LogP contribution < -0.4 is 4.90 Å². The lowest BCUT2D eigenvalue weighted by molar-refractivity contribution is -0.118. The summed E-state index contributed by atoms with van der Waals surface area (Å²) in [6.07, 6.45) is 0.185. The molecule has 32 heavy (non-hydrogen) atoms. The minimum Gasteiger partial charge on any atom is -0.286 e. The first-order valence-corrected chi connectivity index (χ1v) is 11.6. The van der Waals surface area contributed by atoms with Crippen molar-refractivity contribution < 1.29 is 9.18 Å². The highest BCUT2D eigenvalue weighted by Crippen LogP contribution is 2.33. The molecule has 0 aliphatic rings. The van der Waals surface area contributed by atoms with E-state index in [1.54, 1.807) is 17.0 Å².